The summed E-state index contributed by atoms with van der Waals surface area (Å²) < 4.78 is 0. The molecule has 2 N–H and O–H groups in total. The lowest BCUT2D eigenvalue weighted by atomic mass is 10.4. The molecule has 6 heteroatoms. The zero-order chi connectivity index (χ0) is 10.5. The molecule has 6 nitrogen and oxygen atoms in total. The van der Waals surface area contributed by atoms with Gasteiger partial charge in [-0.2, -0.15) is 5.10 Å². The Bertz CT molecular complexity index is 425. The highest BCUT2D eigenvalue weighted by atomic mass is 16.1. The quantitative estimate of drug-likeness (QED) is 0.742. The van der Waals surface area contributed by atoms with Gasteiger partial charge in [0.2, 0.25) is 0 Å². The molecule has 0 saturated carbocycles. The Morgan fingerprint density at radius 2 is 2.33 bits per heavy atom. The summed E-state index contributed by atoms with van der Waals surface area (Å²) in [6, 6.07) is 1.79. The van der Waals surface area contributed by atoms with Crippen molar-refractivity contribution < 1.29 is 4.79 Å². The van der Waals surface area contributed by atoms with Crippen LogP contribution < -0.4 is 5.32 Å². The van der Waals surface area contributed by atoms with Crippen molar-refractivity contribution in [2.45, 2.75) is 6.54 Å². The van der Waals surface area contributed by atoms with Crippen molar-refractivity contribution in [2.75, 3.05) is 0 Å². The zero-order valence-electron chi connectivity index (χ0n) is 7.84. The summed E-state index contributed by atoms with van der Waals surface area (Å²) in [5.74, 6) is -0.252. The van der Waals surface area contributed by atoms with Gasteiger partial charge in [0.25, 0.3) is 5.91 Å². The number of rotatable bonds is 3. The number of aromatic amines is 1. The van der Waals surface area contributed by atoms with Crippen molar-refractivity contribution in [3.8, 4) is 0 Å². The summed E-state index contributed by atoms with van der Waals surface area (Å²) in [6.07, 6.45) is 6.04. The molecule has 2 aromatic heterocycles. The summed E-state index contributed by atoms with van der Waals surface area (Å²) in [5, 5.41) is 9.20. The Kier molecular flexibility index (Phi) is 2.68. The molecule has 0 atom stereocenters. The maximum atomic E-state index is 11.5. The highest BCUT2D eigenvalue weighted by molar-refractivity contribution is 5.91. The van der Waals surface area contributed by atoms with Crippen LogP contribution in [0.2, 0.25) is 0 Å². The minimum atomic E-state index is -0.252. The van der Waals surface area contributed by atoms with Crippen LogP contribution in [0.3, 0.4) is 0 Å². The number of aromatic nitrogens is 4. The third-order valence-corrected chi connectivity index (χ3v) is 1.79. The molecule has 76 valence electrons. The van der Waals surface area contributed by atoms with Gasteiger partial charge >= 0.3 is 0 Å². The number of amides is 1. The Morgan fingerprint density at radius 1 is 1.40 bits per heavy atom. The van der Waals surface area contributed by atoms with Crippen LogP contribution in [-0.2, 0) is 6.54 Å². The van der Waals surface area contributed by atoms with Crippen LogP contribution in [0.5, 0.6) is 0 Å². The first kappa shape index (κ1) is 9.32. The van der Waals surface area contributed by atoms with Gasteiger partial charge < -0.3 is 5.32 Å². The topological polar surface area (TPSA) is 83.6 Å². The van der Waals surface area contributed by atoms with E-state index in [1.165, 1.54) is 18.6 Å². The summed E-state index contributed by atoms with van der Waals surface area (Å²) in [7, 11) is 0. The Balaban J connectivity index is 1.94. The maximum absolute atomic E-state index is 11.5. The van der Waals surface area contributed by atoms with E-state index >= 15 is 0 Å². The first-order valence-electron chi connectivity index (χ1n) is 4.39. The Labute approximate surface area is 85.8 Å². The molecular formula is C9H9N5O. The highest BCUT2D eigenvalue weighted by Gasteiger charge is 2.05. The monoisotopic (exact) mass is 203 g/mol. The zero-order valence-corrected chi connectivity index (χ0v) is 7.84. The molecule has 1 amide bonds. The molecule has 0 radical (unpaired) electrons. The van der Waals surface area contributed by atoms with E-state index in [-0.39, 0.29) is 5.91 Å². The van der Waals surface area contributed by atoms with Crippen molar-refractivity contribution >= 4 is 5.91 Å². The third kappa shape index (κ3) is 2.37. The fourth-order valence-electron chi connectivity index (χ4n) is 1.07. The van der Waals surface area contributed by atoms with Gasteiger partial charge in [-0.1, -0.05) is 0 Å². The van der Waals surface area contributed by atoms with Gasteiger partial charge in [-0.25, -0.2) is 4.98 Å². The smallest absolute Gasteiger partial charge is 0.271 e. The second-order valence-corrected chi connectivity index (χ2v) is 2.86. The Morgan fingerprint density at radius 3 is 3.00 bits per heavy atom. The SMILES string of the molecule is O=C(NCc1ccn[nH]1)c1cnccn1. The molecule has 2 aromatic rings. The predicted molar refractivity (Wildman–Crippen MR) is 51.8 cm³/mol. The largest absolute Gasteiger partial charge is 0.345 e. The van der Waals surface area contributed by atoms with Crippen molar-refractivity contribution in [2.24, 2.45) is 0 Å². The van der Waals surface area contributed by atoms with Crippen LogP contribution >= 0.6 is 0 Å². The van der Waals surface area contributed by atoms with E-state index in [1.54, 1.807) is 12.3 Å². The lowest BCUT2D eigenvalue weighted by molar-refractivity contribution is 0.0945. The number of nitrogens with zero attached hydrogens (tertiary/aromatic N) is 3. The van der Waals surface area contributed by atoms with E-state index in [0.717, 1.165) is 5.69 Å². The lowest BCUT2D eigenvalue weighted by Crippen LogP contribution is -2.24. The fraction of sp³-hybridized carbons (Fsp3) is 0.111. The average Bonchev–Trinajstić information content (AvgIpc) is 2.80. The van der Waals surface area contributed by atoms with Crippen LogP contribution in [0.4, 0.5) is 0 Å². The average molecular weight is 203 g/mol. The van der Waals surface area contributed by atoms with Crippen LogP contribution in [0.1, 0.15) is 16.2 Å². The van der Waals surface area contributed by atoms with Gasteiger partial charge in [-0.15, -0.1) is 0 Å². The second kappa shape index (κ2) is 4.32. The molecule has 0 unspecified atom stereocenters. The Hall–Kier alpha value is -2.24. The normalized spacial score (nSPS) is 9.87. The van der Waals surface area contributed by atoms with Crippen LogP contribution in [0.25, 0.3) is 0 Å². The minimum Gasteiger partial charge on any atom is -0.345 e. The van der Waals surface area contributed by atoms with Gasteiger partial charge in [0.05, 0.1) is 18.4 Å². The summed E-state index contributed by atoms with van der Waals surface area (Å²) in [5.41, 5.74) is 1.14. The number of H-pyrrole nitrogens is 1. The molecule has 15 heavy (non-hydrogen) atoms. The molecule has 0 aliphatic carbocycles. The molecule has 0 bridgehead atoms. The third-order valence-electron chi connectivity index (χ3n) is 1.79. The number of nitrogens with one attached hydrogen (secondary N) is 2. The van der Waals surface area contributed by atoms with Crippen molar-refractivity contribution in [1.82, 2.24) is 25.5 Å². The lowest BCUT2D eigenvalue weighted by Gasteiger charge is -2.01. The summed E-state index contributed by atoms with van der Waals surface area (Å²) in [4.78, 5) is 19.2. The van der Waals surface area contributed by atoms with Crippen molar-refractivity contribution in [3.05, 3.63) is 42.2 Å². The molecule has 2 rings (SSSR count). The van der Waals surface area contributed by atoms with Gasteiger partial charge in [0.15, 0.2) is 0 Å². The number of hydrogen-bond donors (Lipinski definition) is 2. The molecule has 0 aromatic carbocycles. The van der Waals surface area contributed by atoms with E-state index in [1.807, 2.05) is 0 Å². The number of carbonyl (C=O) groups excluding carboxylic acids is 1. The molecule has 0 fully saturated rings. The van der Waals surface area contributed by atoms with Crippen molar-refractivity contribution in [1.29, 1.82) is 0 Å². The molecular weight excluding hydrogens is 194 g/mol. The van der Waals surface area contributed by atoms with E-state index in [4.69, 9.17) is 0 Å². The van der Waals surface area contributed by atoms with E-state index in [9.17, 15) is 4.79 Å². The molecule has 2 heterocycles. The molecule has 0 aliphatic rings. The van der Waals surface area contributed by atoms with Crippen molar-refractivity contribution in [3.63, 3.8) is 0 Å². The molecule has 0 spiro atoms. The van der Waals surface area contributed by atoms with Crippen LogP contribution in [0, 0.1) is 0 Å². The first-order chi connectivity index (χ1) is 7.36. The second-order valence-electron chi connectivity index (χ2n) is 2.86. The summed E-state index contributed by atoms with van der Waals surface area (Å²) in [6.45, 7) is 0.398. The van der Waals surface area contributed by atoms with Gasteiger partial charge in [0, 0.05) is 18.6 Å². The number of carbonyl (C=O) groups is 1. The van der Waals surface area contributed by atoms with Gasteiger partial charge in [-0.3, -0.25) is 14.9 Å². The maximum Gasteiger partial charge on any atom is 0.271 e. The molecule has 0 saturated heterocycles. The fourth-order valence-corrected chi connectivity index (χ4v) is 1.07. The van der Waals surface area contributed by atoms with Gasteiger partial charge in [0.1, 0.15) is 5.69 Å². The summed E-state index contributed by atoms with van der Waals surface area (Å²) >= 11 is 0. The standard InChI is InChI=1S/C9H9N5O/c15-9(8-6-10-3-4-11-8)12-5-7-1-2-13-14-7/h1-4,6H,5H2,(H,12,15)(H,13,14). The van der Waals surface area contributed by atoms with E-state index < -0.39 is 0 Å². The van der Waals surface area contributed by atoms with Crippen LogP contribution in [0.15, 0.2) is 30.9 Å². The van der Waals surface area contributed by atoms with E-state index in [0.29, 0.717) is 12.2 Å². The van der Waals surface area contributed by atoms with Crippen LogP contribution in [-0.4, -0.2) is 26.1 Å². The predicted octanol–water partition coefficient (Wildman–Crippen LogP) is 0.130. The van der Waals surface area contributed by atoms with E-state index in [2.05, 4.69) is 25.5 Å². The number of hydrogen-bond acceptors (Lipinski definition) is 4. The minimum absolute atomic E-state index is 0.252. The molecule has 0 aliphatic heterocycles. The first-order valence-corrected chi connectivity index (χ1v) is 4.39. The highest BCUT2D eigenvalue weighted by Crippen LogP contribution is 1.93. The van der Waals surface area contributed by atoms with Gasteiger partial charge in [-0.05, 0) is 6.07 Å².